The molecule has 21 aromatic carbocycles. The number of rotatable bonds is 6. The molecule has 0 atom stereocenters. The van der Waals surface area contributed by atoms with Gasteiger partial charge in [0.05, 0.1) is 66.4 Å². The van der Waals surface area contributed by atoms with Gasteiger partial charge < -0.3 is 0 Å². The van der Waals surface area contributed by atoms with E-state index in [0.717, 1.165) is 138 Å². The zero-order valence-corrected chi connectivity index (χ0v) is 69.4. The summed E-state index contributed by atoms with van der Waals surface area (Å²) in [6, 6.07) is 150. The van der Waals surface area contributed by atoms with Gasteiger partial charge in [0.25, 0.3) is 0 Å². The minimum absolute atomic E-state index is 0.685. The zero-order chi connectivity index (χ0) is 84.2. The normalized spacial score (nSPS) is 12.2. The van der Waals surface area contributed by atoms with Crippen LogP contribution >= 0.6 is 0 Å². The summed E-state index contributed by atoms with van der Waals surface area (Å²) in [5.74, 6) is 2.37. The molecule has 0 fully saturated rings. The third-order valence-corrected chi connectivity index (χ3v) is 27.3. The minimum atomic E-state index is 0.685. The Labute approximate surface area is 738 Å². The Bertz CT molecular complexity index is 9580. The Morgan fingerprint density at radius 1 is 0.147 bits per heavy atom. The van der Waals surface area contributed by atoms with E-state index in [1.165, 1.54) is 137 Å². The largest absolute Gasteiger partial charge is 0.292 e. The van der Waals surface area contributed by atoms with Gasteiger partial charge in [-0.25, -0.2) is 29.9 Å². The van der Waals surface area contributed by atoms with E-state index in [9.17, 15) is 0 Å². The topological polar surface area (TPSA) is 92.1 Å². The maximum absolute atomic E-state index is 5.52. The molecule has 0 N–H and O–H groups in total. The van der Waals surface area contributed by atoms with Gasteiger partial charge >= 0.3 is 0 Å². The van der Waals surface area contributed by atoms with Crippen molar-refractivity contribution in [3.8, 4) is 118 Å². The monoisotopic (exact) mass is 1640 g/mol. The van der Waals surface area contributed by atoms with E-state index in [2.05, 4.69) is 432 Å². The van der Waals surface area contributed by atoms with E-state index >= 15 is 0 Å². The van der Waals surface area contributed by atoms with Crippen molar-refractivity contribution in [2.75, 3.05) is 0 Å². The highest BCUT2D eigenvalue weighted by molar-refractivity contribution is 6.34. The van der Waals surface area contributed by atoms with E-state index < -0.39 is 0 Å². The fourth-order valence-corrected chi connectivity index (χ4v) is 21.9. The predicted octanol–water partition coefficient (Wildman–Crippen LogP) is 31.0. The summed E-state index contributed by atoms with van der Waals surface area (Å²) in [5, 5.41) is 23.2. The lowest BCUT2D eigenvalue weighted by molar-refractivity contribution is 1.01. The summed E-state index contributed by atoms with van der Waals surface area (Å²) in [7, 11) is 0. The van der Waals surface area contributed by atoms with Crippen LogP contribution in [0.1, 0.15) is 0 Å². The molecule has 0 saturated carbocycles. The molecule has 0 radical (unpaired) electrons. The van der Waals surface area contributed by atoms with Crippen LogP contribution in [0.5, 0.6) is 0 Å². The average Bonchev–Trinajstić information content (AvgIpc) is 1.55. The first-order valence-electron chi connectivity index (χ1n) is 44.1. The van der Waals surface area contributed by atoms with Crippen molar-refractivity contribution in [3.05, 3.63) is 419 Å². The lowest BCUT2D eigenvalue weighted by atomic mass is 9.93. The molecule has 3 aliphatic rings. The Morgan fingerprint density at radius 2 is 0.442 bits per heavy atom. The fourth-order valence-electron chi connectivity index (χ4n) is 21.9. The number of aromatic nitrogens is 9. The van der Waals surface area contributed by atoms with Gasteiger partial charge in [0.15, 0.2) is 11.6 Å². The third-order valence-electron chi connectivity index (χ3n) is 27.3. The Kier molecular flexibility index (Phi) is 15.2. The predicted molar refractivity (Wildman–Crippen MR) is 536 cm³/mol. The van der Waals surface area contributed by atoms with Gasteiger partial charge in [-0.15, -0.1) is 0 Å². The van der Waals surface area contributed by atoms with Gasteiger partial charge in [-0.05, 0) is 175 Å². The first kappa shape index (κ1) is 71.1. The smallest absolute Gasteiger partial charge is 0.235 e. The van der Waals surface area contributed by atoms with Crippen LogP contribution in [0.3, 0.4) is 0 Å². The van der Waals surface area contributed by atoms with Crippen LogP contribution in [-0.4, -0.2) is 43.6 Å². The van der Waals surface area contributed by atoms with Crippen molar-refractivity contribution in [1.29, 1.82) is 0 Å². The van der Waals surface area contributed by atoms with Gasteiger partial charge in [0, 0.05) is 65.2 Å². The summed E-state index contributed by atoms with van der Waals surface area (Å²) in [6.45, 7) is 0. The van der Waals surface area contributed by atoms with Crippen molar-refractivity contribution in [2.24, 2.45) is 0 Å². The molecule has 9 heteroatoms. The highest BCUT2D eigenvalue weighted by Crippen LogP contribution is 2.55. The van der Waals surface area contributed by atoms with Crippen molar-refractivity contribution in [3.63, 3.8) is 0 Å². The molecule has 30 rings (SSSR count). The minimum Gasteiger partial charge on any atom is -0.292 e. The lowest BCUT2D eigenvalue weighted by Gasteiger charge is -2.16. The molecule has 3 aliphatic carbocycles. The molecule has 9 nitrogen and oxygen atoms in total. The molecule has 0 saturated heterocycles. The van der Waals surface area contributed by atoms with Gasteiger partial charge in [0.1, 0.15) is 11.4 Å². The highest BCUT2D eigenvalue weighted by atomic mass is 15.2. The van der Waals surface area contributed by atoms with Crippen LogP contribution in [0.25, 0.3) is 281 Å². The van der Waals surface area contributed by atoms with Crippen LogP contribution < -0.4 is 0 Å². The summed E-state index contributed by atoms with van der Waals surface area (Å²) < 4.78 is 6.98. The van der Waals surface area contributed by atoms with Crippen molar-refractivity contribution < 1.29 is 0 Å². The van der Waals surface area contributed by atoms with Crippen molar-refractivity contribution >= 4 is 163 Å². The number of benzene rings is 21. The molecule has 594 valence electrons. The van der Waals surface area contributed by atoms with Gasteiger partial charge in [-0.2, -0.15) is 0 Å². The van der Waals surface area contributed by atoms with Crippen molar-refractivity contribution in [1.82, 2.24) is 43.6 Å². The summed E-state index contributed by atoms with van der Waals surface area (Å²) in [4.78, 5) is 32.4. The first-order chi connectivity index (χ1) is 64.0. The lowest BCUT2D eigenvalue weighted by Crippen LogP contribution is -2.04. The van der Waals surface area contributed by atoms with Crippen LogP contribution in [0, 0.1) is 0 Å². The van der Waals surface area contributed by atoms with Gasteiger partial charge in [-0.3, -0.25) is 13.7 Å². The molecule has 0 aliphatic heterocycles. The Hall–Kier alpha value is -17.4. The quantitative estimate of drug-likeness (QED) is 0.154. The summed E-state index contributed by atoms with van der Waals surface area (Å²) in [5.41, 5.74) is 32.4. The van der Waals surface area contributed by atoms with E-state index in [1.807, 2.05) is 0 Å². The summed E-state index contributed by atoms with van der Waals surface area (Å²) in [6.07, 6.45) is 0. The Morgan fingerprint density at radius 3 is 0.884 bits per heavy atom. The molecule has 6 aromatic heterocycles. The number of nitrogens with zero attached hydrogens (tertiary/aromatic N) is 9. The summed E-state index contributed by atoms with van der Waals surface area (Å²) >= 11 is 0. The molecule has 6 heterocycles. The SMILES string of the molecule is c1ccc(-c2nc(-n3c4cccc5c4c4c6c(cccc6ccc43)-c3ccccc3-5)nc3ccc4ccccc4c23)cc1.c1ccc(-c2nc3c(ccc4ccccc43)nc2-n2c3cccc4c3c3c5c(cccc5ccc32)-c2ccccc2-4)cc1.c1ccc(-c2nc3ccc4ccccc4c3nc2-n2c3cccc4c3c3c5c(cccc5ccc32)-c2ccccc2-4)cc1. The molecule has 0 unspecified atom stereocenters. The maximum Gasteiger partial charge on any atom is 0.235 e. The second-order valence-corrected chi connectivity index (χ2v) is 34.1. The highest BCUT2D eigenvalue weighted by Gasteiger charge is 2.32. The average molecular weight is 1640 g/mol. The van der Waals surface area contributed by atoms with E-state index in [-0.39, 0.29) is 0 Å². The second-order valence-electron chi connectivity index (χ2n) is 34.1. The second kappa shape index (κ2) is 27.5. The van der Waals surface area contributed by atoms with Crippen molar-refractivity contribution in [2.45, 2.75) is 0 Å². The maximum atomic E-state index is 5.52. The molecule has 0 spiro atoms. The fraction of sp³-hybridized carbons (Fsp3) is 0. The molecule has 27 aromatic rings. The molecular formula is C120H69N9. The van der Waals surface area contributed by atoms with Gasteiger partial charge in [0.2, 0.25) is 5.95 Å². The molecule has 129 heavy (non-hydrogen) atoms. The molecule has 0 amide bonds. The van der Waals surface area contributed by atoms with Crippen LogP contribution in [0.4, 0.5) is 0 Å². The van der Waals surface area contributed by atoms with Crippen LogP contribution in [-0.2, 0) is 0 Å². The van der Waals surface area contributed by atoms with E-state index in [0.29, 0.717) is 5.95 Å². The van der Waals surface area contributed by atoms with Crippen LogP contribution in [0.2, 0.25) is 0 Å². The standard InChI is InChI=1S/3C40H23N3/c1-2-11-26(12-3-1)38-40(41-32-22-20-24-10-4-5-14-27(24)39(32)42-38)43-33-19-9-18-31-29-16-7-6-15-28(29)30-17-8-13-25-21-23-34(43)37(35(25)30)36(31)33;1-2-11-26(12-3-1)38-40(42-39-27-14-5-4-10-24(27)20-22-32(39)41-38)43-33-19-9-18-31-29-16-7-6-15-28(29)30-17-8-13-25-21-23-34(43)37(35(25)30)36(31)33;1-2-11-26(12-3-1)39-36-27-14-5-4-10-24(27)20-22-32(36)41-40(42-39)43-33-19-9-18-31-29-16-7-6-15-28(29)30-17-8-13-25-21-23-34(43)38(35(25)30)37(31)33/h3*1-23H. The van der Waals surface area contributed by atoms with E-state index in [1.54, 1.807) is 0 Å². The van der Waals surface area contributed by atoms with Crippen LogP contribution in [0.15, 0.2) is 419 Å². The number of hydrogen-bond donors (Lipinski definition) is 0. The third kappa shape index (κ3) is 10.4. The molecular weight excluding hydrogens is 1570 g/mol. The number of fused-ring (bicyclic) bond motifs is 18. The Balaban J connectivity index is 0.0000000976. The molecule has 0 bridgehead atoms. The first-order valence-corrected chi connectivity index (χ1v) is 44.1. The van der Waals surface area contributed by atoms with Gasteiger partial charge in [-0.1, -0.05) is 364 Å². The zero-order valence-electron chi connectivity index (χ0n) is 69.4. The number of hydrogen-bond acceptors (Lipinski definition) is 6. The van der Waals surface area contributed by atoms with E-state index in [4.69, 9.17) is 29.9 Å².